The highest BCUT2D eigenvalue weighted by atomic mass is 16.5. The Morgan fingerprint density at radius 3 is 2.36 bits per heavy atom. The van der Waals surface area contributed by atoms with Crippen molar-refractivity contribution in [3.8, 4) is 11.5 Å². The van der Waals surface area contributed by atoms with E-state index in [4.69, 9.17) is 9.47 Å². The molecule has 1 atom stereocenters. The monoisotopic (exact) mass is 345 g/mol. The SMILES string of the molecule is COc1cc(OC)cc(C(=O)N2CC[NH+](CC3CC=CCC3)CC2)c1. The molecule has 1 amide bonds. The molecule has 1 aliphatic heterocycles. The highest BCUT2D eigenvalue weighted by Crippen LogP contribution is 2.23. The van der Waals surface area contributed by atoms with Gasteiger partial charge in [0.1, 0.15) is 11.5 Å². The van der Waals surface area contributed by atoms with Crippen LogP contribution in [-0.2, 0) is 0 Å². The average Bonchev–Trinajstić information content (AvgIpc) is 2.68. The van der Waals surface area contributed by atoms with E-state index in [9.17, 15) is 4.79 Å². The Labute approximate surface area is 150 Å². The summed E-state index contributed by atoms with van der Waals surface area (Å²) in [6.07, 6.45) is 8.37. The number of quaternary nitrogens is 1. The van der Waals surface area contributed by atoms with Crippen molar-refractivity contribution in [3.05, 3.63) is 35.9 Å². The standard InChI is InChI=1S/C20H28N2O3/c1-24-18-12-17(13-19(14-18)25-2)20(23)22-10-8-21(9-11-22)15-16-6-4-3-5-7-16/h3-4,12-14,16H,5-11,15H2,1-2H3/p+1. The fourth-order valence-corrected chi connectivity index (χ4v) is 3.79. The van der Waals surface area contributed by atoms with Crippen LogP contribution in [0, 0.1) is 5.92 Å². The fraction of sp³-hybridized carbons (Fsp3) is 0.550. The molecule has 0 bridgehead atoms. The zero-order valence-electron chi connectivity index (χ0n) is 15.3. The van der Waals surface area contributed by atoms with E-state index in [-0.39, 0.29) is 5.91 Å². The zero-order valence-corrected chi connectivity index (χ0v) is 15.3. The molecule has 3 rings (SSSR count). The van der Waals surface area contributed by atoms with Crippen molar-refractivity contribution in [2.45, 2.75) is 19.3 Å². The number of carbonyl (C=O) groups excluding carboxylic acids is 1. The van der Waals surface area contributed by atoms with Crippen molar-refractivity contribution in [3.63, 3.8) is 0 Å². The Morgan fingerprint density at radius 2 is 1.80 bits per heavy atom. The number of rotatable bonds is 5. The minimum Gasteiger partial charge on any atom is -0.497 e. The highest BCUT2D eigenvalue weighted by molar-refractivity contribution is 5.95. The van der Waals surface area contributed by atoms with Crippen molar-refractivity contribution < 1.29 is 19.2 Å². The first-order valence-electron chi connectivity index (χ1n) is 9.20. The number of methoxy groups -OCH3 is 2. The van der Waals surface area contributed by atoms with E-state index in [1.54, 1.807) is 37.3 Å². The molecule has 1 unspecified atom stereocenters. The zero-order chi connectivity index (χ0) is 17.6. The number of piperazine rings is 1. The van der Waals surface area contributed by atoms with E-state index in [0.717, 1.165) is 32.1 Å². The second kappa shape index (κ2) is 8.39. The van der Waals surface area contributed by atoms with E-state index in [1.807, 2.05) is 4.90 Å². The van der Waals surface area contributed by atoms with Crippen molar-refractivity contribution in [1.29, 1.82) is 0 Å². The molecule has 1 aromatic rings. The summed E-state index contributed by atoms with van der Waals surface area (Å²) < 4.78 is 10.6. The number of benzene rings is 1. The van der Waals surface area contributed by atoms with Crippen LogP contribution >= 0.6 is 0 Å². The molecular weight excluding hydrogens is 316 g/mol. The van der Waals surface area contributed by atoms with Crippen LogP contribution in [0.1, 0.15) is 29.6 Å². The van der Waals surface area contributed by atoms with Crippen LogP contribution in [0.3, 0.4) is 0 Å². The topological polar surface area (TPSA) is 43.2 Å². The number of nitrogens with one attached hydrogen (secondary N) is 1. The Morgan fingerprint density at radius 1 is 1.12 bits per heavy atom. The van der Waals surface area contributed by atoms with Crippen LogP contribution < -0.4 is 14.4 Å². The summed E-state index contributed by atoms with van der Waals surface area (Å²) in [5.74, 6) is 2.18. The average molecular weight is 345 g/mol. The van der Waals surface area contributed by atoms with Crippen molar-refractivity contribution >= 4 is 5.91 Å². The second-order valence-electron chi connectivity index (χ2n) is 7.00. The van der Waals surface area contributed by atoms with Gasteiger partial charge in [-0.1, -0.05) is 12.2 Å². The van der Waals surface area contributed by atoms with Crippen LogP contribution in [0.15, 0.2) is 30.4 Å². The maximum absolute atomic E-state index is 12.8. The third kappa shape index (κ3) is 4.54. The van der Waals surface area contributed by atoms with Gasteiger partial charge in [-0.2, -0.15) is 0 Å². The maximum Gasteiger partial charge on any atom is 0.254 e. The molecule has 1 saturated heterocycles. The summed E-state index contributed by atoms with van der Waals surface area (Å²) in [5.41, 5.74) is 0.636. The molecule has 1 aromatic carbocycles. The van der Waals surface area contributed by atoms with Gasteiger partial charge in [0.25, 0.3) is 5.91 Å². The third-order valence-corrected chi connectivity index (χ3v) is 5.31. The van der Waals surface area contributed by atoms with Gasteiger partial charge in [0, 0.05) is 17.5 Å². The Hall–Kier alpha value is -2.01. The van der Waals surface area contributed by atoms with Crippen LogP contribution in [0.2, 0.25) is 0 Å². The lowest BCUT2D eigenvalue weighted by Gasteiger charge is -2.34. The molecule has 0 saturated carbocycles. The number of hydrogen-bond acceptors (Lipinski definition) is 3. The van der Waals surface area contributed by atoms with E-state index in [0.29, 0.717) is 17.1 Å². The van der Waals surface area contributed by atoms with Crippen LogP contribution in [0.4, 0.5) is 0 Å². The van der Waals surface area contributed by atoms with Gasteiger partial charge >= 0.3 is 0 Å². The minimum atomic E-state index is 0.0665. The van der Waals surface area contributed by atoms with E-state index in [1.165, 1.54) is 25.8 Å². The first kappa shape index (κ1) is 17.8. The Kier molecular flexibility index (Phi) is 5.97. The summed E-state index contributed by atoms with van der Waals surface area (Å²) in [6.45, 7) is 4.94. The number of carbonyl (C=O) groups is 1. The summed E-state index contributed by atoms with van der Waals surface area (Å²) in [6, 6.07) is 5.37. The van der Waals surface area contributed by atoms with Gasteiger partial charge in [-0.3, -0.25) is 4.79 Å². The van der Waals surface area contributed by atoms with Crippen molar-refractivity contribution in [1.82, 2.24) is 4.90 Å². The first-order valence-corrected chi connectivity index (χ1v) is 9.20. The van der Waals surface area contributed by atoms with Gasteiger partial charge < -0.3 is 19.3 Å². The lowest BCUT2D eigenvalue weighted by Crippen LogP contribution is -3.15. The molecule has 1 N–H and O–H groups in total. The molecule has 2 aliphatic rings. The molecule has 1 fully saturated rings. The highest BCUT2D eigenvalue weighted by Gasteiger charge is 2.27. The summed E-state index contributed by atoms with van der Waals surface area (Å²) >= 11 is 0. The predicted octanol–water partition coefficient (Wildman–Crippen LogP) is 1.40. The molecule has 1 aliphatic carbocycles. The van der Waals surface area contributed by atoms with Crippen molar-refractivity contribution in [2.75, 3.05) is 46.9 Å². The lowest BCUT2D eigenvalue weighted by atomic mass is 9.94. The van der Waals surface area contributed by atoms with Gasteiger partial charge in [-0.15, -0.1) is 0 Å². The Balaban J connectivity index is 1.57. The Bertz CT molecular complexity index is 599. The number of nitrogens with zero attached hydrogens (tertiary/aromatic N) is 1. The van der Waals surface area contributed by atoms with Gasteiger partial charge in [-0.25, -0.2) is 0 Å². The summed E-state index contributed by atoms with van der Waals surface area (Å²) in [7, 11) is 3.21. The first-order chi connectivity index (χ1) is 12.2. The van der Waals surface area contributed by atoms with Crippen LogP contribution in [0.25, 0.3) is 0 Å². The molecule has 1 heterocycles. The fourth-order valence-electron chi connectivity index (χ4n) is 3.79. The number of hydrogen-bond donors (Lipinski definition) is 1. The molecule has 25 heavy (non-hydrogen) atoms. The third-order valence-electron chi connectivity index (χ3n) is 5.31. The molecule has 0 spiro atoms. The molecule has 5 nitrogen and oxygen atoms in total. The minimum absolute atomic E-state index is 0.0665. The molecule has 0 aromatic heterocycles. The maximum atomic E-state index is 12.8. The second-order valence-corrected chi connectivity index (χ2v) is 7.00. The number of ether oxygens (including phenoxy) is 2. The van der Waals surface area contributed by atoms with E-state index < -0.39 is 0 Å². The van der Waals surface area contributed by atoms with Crippen LogP contribution in [-0.4, -0.2) is 57.8 Å². The van der Waals surface area contributed by atoms with Gasteiger partial charge in [0.2, 0.25) is 0 Å². The van der Waals surface area contributed by atoms with Crippen molar-refractivity contribution in [2.24, 2.45) is 5.92 Å². The normalized spacial score (nSPS) is 21.2. The summed E-state index contributed by atoms with van der Waals surface area (Å²) in [4.78, 5) is 16.4. The number of amides is 1. The van der Waals surface area contributed by atoms with E-state index in [2.05, 4.69) is 12.2 Å². The molecular formula is C20H29N2O3+. The summed E-state index contributed by atoms with van der Waals surface area (Å²) in [5, 5.41) is 0. The van der Waals surface area contributed by atoms with Crippen LogP contribution in [0.5, 0.6) is 11.5 Å². The predicted molar refractivity (Wildman–Crippen MR) is 97.5 cm³/mol. The molecule has 136 valence electrons. The molecule has 0 radical (unpaired) electrons. The van der Waals surface area contributed by atoms with Gasteiger partial charge in [0.05, 0.1) is 46.9 Å². The largest absolute Gasteiger partial charge is 0.497 e. The molecule has 5 heteroatoms. The lowest BCUT2D eigenvalue weighted by molar-refractivity contribution is -0.907. The number of allylic oxidation sites excluding steroid dienone is 2. The van der Waals surface area contributed by atoms with E-state index >= 15 is 0 Å². The quantitative estimate of drug-likeness (QED) is 0.821. The van der Waals surface area contributed by atoms with Gasteiger partial charge in [0.15, 0.2) is 0 Å². The smallest absolute Gasteiger partial charge is 0.254 e. The van der Waals surface area contributed by atoms with Gasteiger partial charge in [-0.05, 0) is 31.4 Å².